The monoisotopic (exact) mass is 415 g/mol. The fourth-order valence-electron chi connectivity index (χ4n) is 4.45. The number of aryl methyl sites for hydroxylation is 1. The lowest BCUT2D eigenvalue weighted by atomic mass is 9.92. The molecule has 1 atom stereocenters. The number of amides is 1. The molecule has 4 aromatic rings. The van der Waals surface area contributed by atoms with Gasteiger partial charge in [-0.3, -0.25) is 9.78 Å². The largest absolute Gasteiger partial charge is 0.356 e. The van der Waals surface area contributed by atoms with Gasteiger partial charge >= 0.3 is 0 Å². The molecule has 1 aliphatic rings. The summed E-state index contributed by atoms with van der Waals surface area (Å²) in [6.45, 7) is 0.672. The summed E-state index contributed by atoms with van der Waals surface area (Å²) < 4.78 is 0. The maximum Gasteiger partial charge on any atom is 0.223 e. The van der Waals surface area contributed by atoms with Gasteiger partial charge in [-0.15, -0.1) is 0 Å². The molecule has 0 spiro atoms. The first kappa shape index (κ1) is 18.9. The molecule has 1 aliphatic heterocycles. The highest BCUT2D eigenvalue weighted by molar-refractivity contribution is 6.31. The van der Waals surface area contributed by atoms with E-state index in [4.69, 9.17) is 11.6 Å². The Morgan fingerprint density at radius 3 is 2.70 bits per heavy atom. The van der Waals surface area contributed by atoms with E-state index in [9.17, 15) is 4.79 Å². The second kappa shape index (κ2) is 7.96. The van der Waals surface area contributed by atoms with Crippen molar-refractivity contribution in [3.05, 3.63) is 100 Å². The zero-order valence-corrected chi connectivity index (χ0v) is 17.3. The van der Waals surface area contributed by atoms with E-state index in [0.717, 1.165) is 28.9 Å². The average molecular weight is 416 g/mol. The molecular weight excluding hydrogens is 394 g/mol. The summed E-state index contributed by atoms with van der Waals surface area (Å²) in [5, 5.41) is 1.90. The SMILES string of the molecule is O=C(CCc1ccccn1)N1CCc2c([nH]c3ccccc23)[C@@H]1c1ccccc1Cl. The van der Waals surface area contributed by atoms with Crippen LogP contribution in [0.4, 0.5) is 0 Å². The van der Waals surface area contributed by atoms with Gasteiger partial charge in [0.2, 0.25) is 5.91 Å². The molecule has 0 saturated carbocycles. The molecular formula is C25H22ClN3O. The lowest BCUT2D eigenvalue weighted by Gasteiger charge is -2.36. The van der Waals surface area contributed by atoms with E-state index in [2.05, 4.69) is 28.2 Å². The van der Waals surface area contributed by atoms with E-state index >= 15 is 0 Å². The van der Waals surface area contributed by atoms with Crippen molar-refractivity contribution in [1.29, 1.82) is 0 Å². The number of hydrogen-bond donors (Lipinski definition) is 1. The summed E-state index contributed by atoms with van der Waals surface area (Å²) in [5.41, 5.74) is 5.34. The quantitative estimate of drug-likeness (QED) is 0.490. The minimum Gasteiger partial charge on any atom is -0.356 e. The molecule has 2 aromatic heterocycles. The number of H-pyrrole nitrogens is 1. The molecule has 30 heavy (non-hydrogen) atoms. The molecule has 0 fully saturated rings. The molecule has 0 radical (unpaired) electrons. The van der Waals surface area contributed by atoms with Crippen molar-refractivity contribution < 1.29 is 4.79 Å². The molecule has 4 nitrogen and oxygen atoms in total. The van der Waals surface area contributed by atoms with E-state index in [0.29, 0.717) is 24.4 Å². The van der Waals surface area contributed by atoms with Crippen LogP contribution in [-0.2, 0) is 17.6 Å². The van der Waals surface area contributed by atoms with Crippen LogP contribution in [0, 0.1) is 0 Å². The number of pyridine rings is 1. The summed E-state index contributed by atoms with van der Waals surface area (Å²) in [5.74, 6) is 0.120. The third kappa shape index (κ3) is 3.37. The second-order valence-corrected chi connectivity index (χ2v) is 8.05. The summed E-state index contributed by atoms with van der Waals surface area (Å²) in [7, 11) is 0. The van der Waals surface area contributed by atoms with E-state index < -0.39 is 0 Å². The summed E-state index contributed by atoms with van der Waals surface area (Å²) >= 11 is 6.60. The number of carbonyl (C=O) groups is 1. The Morgan fingerprint density at radius 1 is 1.07 bits per heavy atom. The van der Waals surface area contributed by atoms with Crippen LogP contribution in [-0.4, -0.2) is 27.3 Å². The van der Waals surface area contributed by atoms with Crippen molar-refractivity contribution in [1.82, 2.24) is 14.9 Å². The molecule has 0 unspecified atom stereocenters. The maximum atomic E-state index is 13.3. The topological polar surface area (TPSA) is 49.0 Å². The fourth-order valence-corrected chi connectivity index (χ4v) is 4.69. The number of aromatic amines is 1. The molecule has 2 aromatic carbocycles. The summed E-state index contributed by atoms with van der Waals surface area (Å²) in [4.78, 5) is 23.2. The fraction of sp³-hybridized carbons (Fsp3) is 0.200. The highest BCUT2D eigenvalue weighted by Gasteiger charge is 2.35. The van der Waals surface area contributed by atoms with Crippen LogP contribution in [0.15, 0.2) is 72.9 Å². The molecule has 1 amide bonds. The number of nitrogens with zero attached hydrogens (tertiary/aromatic N) is 2. The van der Waals surface area contributed by atoms with Crippen molar-refractivity contribution in [2.45, 2.75) is 25.3 Å². The van der Waals surface area contributed by atoms with Gasteiger partial charge in [0.15, 0.2) is 0 Å². The Hall–Kier alpha value is -3.11. The molecule has 5 heteroatoms. The number of fused-ring (bicyclic) bond motifs is 3. The third-order valence-corrected chi connectivity index (χ3v) is 6.22. The Labute approximate surface area is 180 Å². The van der Waals surface area contributed by atoms with Gasteiger partial charge in [0.25, 0.3) is 0 Å². The Bertz CT molecular complexity index is 1200. The first-order valence-electron chi connectivity index (χ1n) is 10.3. The van der Waals surface area contributed by atoms with Crippen molar-refractivity contribution in [2.24, 2.45) is 0 Å². The van der Waals surface area contributed by atoms with Crippen molar-refractivity contribution in [3.63, 3.8) is 0 Å². The molecule has 150 valence electrons. The number of hydrogen-bond acceptors (Lipinski definition) is 2. The Balaban J connectivity index is 1.53. The van der Waals surface area contributed by atoms with Crippen LogP contribution >= 0.6 is 11.6 Å². The zero-order chi connectivity index (χ0) is 20.5. The van der Waals surface area contributed by atoms with Crippen LogP contribution in [0.1, 0.15) is 35.0 Å². The molecule has 1 N–H and O–H groups in total. The van der Waals surface area contributed by atoms with E-state index in [1.165, 1.54) is 10.9 Å². The van der Waals surface area contributed by atoms with Crippen molar-refractivity contribution >= 4 is 28.4 Å². The summed E-state index contributed by atoms with van der Waals surface area (Å²) in [6, 6.07) is 21.7. The van der Waals surface area contributed by atoms with Gasteiger partial charge in [0, 0.05) is 46.5 Å². The van der Waals surface area contributed by atoms with Gasteiger partial charge in [-0.1, -0.05) is 54.1 Å². The number of nitrogens with one attached hydrogen (secondary N) is 1. The second-order valence-electron chi connectivity index (χ2n) is 7.65. The summed E-state index contributed by atoms with van der Waals surface area (Å²) in [6.07, 6.45) is 3.65. The van der Waals surface area contributed by atoms with Crippen LogP contribution < -0.4 is 0 Å². The predicted octanol–water partition coefficient (Wildman–Crippen LogP) is 5.32. The van der Waals surface area contributed by atoms with Crippen molar-refractivity contribution in [2.75, 3.05) is 6.54 Å². The number of para-hydroxylation sites is 1. The Morgan fingerprint density at radius 2 is 1.87 bits per heavy atom. The number of halogens is 1. The average Bonchev–Trinajstić information content (AvgIpc) is 3.17. The van der Waals surface area contributed by atoms with Crippen LogP contribution in [0.5, 0.6) is 0 Å². The predicted molar refractivity (Wildman–Crippen MR) is 120 cm³/mol. The van der Waals surface area contributed by atoms with E-state index in [-0.39, 0.29) is 11.9 Å². The van der Waals surface area contributed by atoms with Crippen LogP contribution in [0.2, 0.25) is 5.02 Å². The third-order valence-electron chi connectivity index (χ3n) is 5.88. The van der Waals surface area contributed by atoms with Gasteiger partial charge in [-0.05, 0) is 48.2 Å². The van der Waals surface area contributed by atoms with E-state index in [1.54, 1.807) is 6.20 Å². The van der Waals surface area contributed by atoms with Gasteiger partial charge < -0.3 is 9.88 Å². The number of benzene rings is 2. The normalized spacial score (nSPS) is 15.9. The molecule has 5 rings (SSSR count). The van der Waals surface area contributed by atoms with Gasteiger partial charge in [0.05, 0.1) is 6.04 Å². The molecule has 0 saturated heterocycles. The minimum atomic E-state index is -0.217. The number of aromatic nitrogens is 2. The van der Waals surface area contributed by atoms with Crippen LogP contribution in [0.3, 0.4) is 0 Å². The first-order chi connectivity index (χ1) is 14.7. The lowest BCUT2D eigenvalue weighted by Crippen LogP contribution is -2.40. The minimum absolute atomic E-state index is 0.120. The highest BCUT2D eigenvalue weighted by Crippen LogP contribution is 2.40. The van der Waals surface area contributed by atoms with Gasteiger partial charge in [0.1, 0.15) is 0 Å². The smallest absolute Gasteiger partial charge is 0.223 e. The van der Waals surface area contributed by atoms with Crippen molar-refractivity contribution in [3.8, 4) is 0 Å². The number of rotatable bonds is 4. The Kier molecular flexibility index (Phi) is 5.01. The highest BCUT2D eigenvalue weighted by atomic mass is 35.5. The van der Waals surface area contributed by atoms with E-state index in [1.807, 2.05) is 53.4 Å². The lowest BCUT2D eigenvalue weighted by molar-refractivity contribution is -0.133. The van der Waals surface area contributed by atoms with Gasteiger partial charge in [-0.25, -0.2) is 0 Å². The molecule has 3 heterocycles. The maximum absolute atomic E-state index is 13.3. The standard InChI is InChI=1S/C25H22ClN3O/c26-21-10-3-1-9-20(21)25-24-19(18-8-2-4-11-22(18)28-24)14-16-29(25)23(30)13-12-17-7-5-6-15-27-17/h1-11,15,25,28H,12-14,16H2/t25-/m0/s1. The zero-order valence-electron chi connectivity index (χ0n) is 16.5. The molecule has 0 aliphatic carbocycles. The number of carbonyl (C=O) groups excluding carboxylic acids is 1. The first-order valence-corrected chi connectivity index (χ1v) is 10.6. The van der Waals surface area contributed by atoms with Gasteiger partial charge in [-0.2, -0.15) is 0 Å². The van der Waals surface area contributed by atoms with Crippen LogP contribution in [0.25, 0.3) is 10.9 Å². The molecule has 0 bridgehead atoms.